The van der Waals surface area contributed by atoms with E-state index in [1.807, 2.05) is 45.0 Å². The molecular formula is C23H33ClN4O2. The largest absolute Gasteiger partial charge is 0.333 e. The first-order valence-corrected chi connectivity index (χ1v) is 10.8. The molecule has 0 aliphatic carbocycles. The van der Waals surface area contributed by atoms with Gasteiger partial charge in [-0.3, -0.25) is 9.59 Å². The standard InChI is InChI=1S/C23H33ClN4O2/c1-7-10-22(30)27(14-16(2)3)15-21(29)25-20-13-19(23(4,5)6)26-28(20)18-12-9-8-11-17(18)24/h8-9,11-13,16H,7,10,14-15H2,1-6H3,(H,25,29). The Bertz CT molecular complexity index is 884. The molecule has 0 unspecified atom stereocenters. The molecule has 7 heteroatoms. The molecule has 1 N–H and O–H groups in total. The molecule has 0 aliphatic rings. The maximum absolute atomic E-state index is 12.9. The van der Waals surface area contributed by atoms with Crippen LogP contribution in [0.2, 0.25) is 5.02 Å². The molecule has 0 spiro atoms. The second-order valence-corrected chi connectivity index (χ2v) is 9.40. The van der Waals surface area contributed by atoms with Gasteiger partial charge in [0.15, 0.2) is 0 Å². The maximum atomic E-state index is 12.9. The molecule has 164 valence electrons. The number of halogens is 1. The highest BCUT2D eigenvalue weighted by Gasteiger charge is 2.23. The van der Waals surface area contributed by atoms with Gasteiger partial charge in [-0.15, -0.1) is 0 Å². The van der Waals surface area contributed by atoms with Gasteiger partial charge in [0.05, 0.1) is 22.9 Å². The molecular weight excluding hydrogens is 400 g/mol. The number of carbonyl (C=O) groups excluding carboxylic acids is 2. The van der Waals surface area contributed by atoms with E-state index in [9.17, 15) is 9.59 Å². The molecule has 2 aromatic rings. The van der Waals surface area contributed by atoms with E-state index in [4.69, 9.17) is 16.7 Å². The van der Waals surface area contributed by atoms with Gasteiger partial charge >= 0.3 is 0 Å². The Morgan fingerprint density at radius 1 is 1.23 bits per heavy atom. The summed E-state index contributed by atoms with van der Waals surface area (Å²) in [4.78, 5) is 26.9. The zero-order valence-corrected chi connectivity index (χ0v) is 19.6. The summed E-state index contributed by atoms with van der Waals surface area (Å²) in [5.41, 5.74) is 1.32. The molecule has 30 heavy (non-hydrogen) atoms. The van der Waals surface area contributed by atoms with Crippen LogP contribution in [0.25, 0.3) is 5.69 Å². The van der Waals surface area contributed by atoms with Crippen LogP contribution in [0.15, 0.2) is 30.3 Å². The molecule has 0 fully saturated rings. The van der Waals surface area contributed by atoms with Gasteiger partial charge < -0.3 is 10.2 Å². The van der Waals surface area contributed by atoms with Crippen molar-refractivity contribution in [2.24, 2.45) is 5.92 Å². The lowest BCUT2D eigenvalue weighted by molar-refractivity contribution is -0.135. The summed E-state index contributed by atoms with van der Waals surface area (Å²) in [5, 5.41) is 8.17. The first kappa shape index (κ1) is 23.9. The molecule has 0 aliphatic heterocycles. The number of hydrogen-bond acceptors (Lipinski definition) is 3. The van der Waals surface area contributed by atoms with Crippen LogP contribution in [0, 0.1) is 5.92 Å². The molecule has 0 bridgehead atoms. The zero-order chi connectivity index (χ0) is 22.5. The Balaban J connectivity index is 2.31. The highest BCUT2D eigenvalue weighted by Crippen LogP contribution is 2.29. The first-order chi connectivity index (χ1) is 14.0. The van der Waals surface area contributed by atoms with E-state index in [0.29, 0.717) is 29.5 Å². The van der Waals surface area contributed by atoms with Crippen molar-refractivity contribution in [2.75, 3.05) is 18.4 Å². The molecule has 0 saturated carbocycles. The predicted molar refractivity (Wildman–Crippen MR) is 122 cm³/mol. The third kappa shape index (κ3) is 6.33. The molecule has 6 nitrogen and oxygen atoms in total. The van der Waals surface area contributed by atoms with Crippen LogP contribution < -0.4 is 5.32 Å². The van der Waals surface area contributed by atoms with Gasteiger partial charge in [0.2, 0.25) is 11.8 Å². The summed E-state index contributed by atoms with van der Waals surface area (Å²) in [6.07, 6.45) is 1.19. The van der Waals surface area contributed by atoms with Gasteiger partial charge in [-0.2, -0.15) is 5.10 Å². The van der Waals surface area contributed by atoms with Gasteiger partial charge in [-0.05, 0) is 24.5 Å². The van der Waals surface area contributed by atoms with Crippen LogP contribution in [-0.4, -0.2) is 39.6 Å². The summed E-state index contributed by atoms with van der Waals surface area (Å²) in [6.45, 7) is 12.8. The van der Waals surface area contributed by atoms with E-state index in [0.717, 1.165) is 12.1 Å². The monoisotopic (exact) mass is 432 g/mol. The van der Waals surface area contributed by atoms with Gasteiger partial charge in [0.1, 0.15) is 5.82 Å². The summed E-state index contributed by atoms with van der Waals surface area (Å²) >= 11 is 6.38. The minimum atomic E-state index is -0.256. The van der Waals surface area contributed by atoms with E-state index in [1.165, 1.54) is 0 Å². The van der Waals surface area contributed by atoms with Crippen molar-refractivity contribution < 1.29 is 9.59 Å². The van der Waals surface area contributed by atoms with Crippen LogP contribution >= 0.6 is 11.6 Å². The molecule has 1 aromatic heterocycles. The number of benzene rings is 1. The van der Waals surface area contributed by atoms with Crippen LogP contribution in [0.5, 0.6) is 0 Å². The van der Waals surface area contributed by atoms with E-state index in [-0.39, 0.29) is 29.7 Å². The third-order valence-electron chi connectivity index (χ3n) is 4.56. The Morgan fingerprint density at radius 2 is 1.90 bits per heavy atom. The Labute approximate surface area is 184 Å². The minimum Gasteiger partial charge on any atom is -0.333 e. The van der Waals surface area contributed by atoms with E-state index in [2.05, 4.69) is 26.1 Å². The fraction of sp³-hybridized carbons (Fsp3) is 0.522. The van der Waals surface area contributed by atoms with Crippen molar-refractivity contribution in [1.29, 1.82) is 0 Å². The molecule has 1 heterocycles. The number of carbonyl (C=O) groups is 2. The number of anilines is 1. The van der Waals surface area contributed by atoms with Gasteiger partial charge in [-0.1, -0.05) is 65.3 Å². The van der Waals surface area contributed by atoms with Gasteiger partial charge in [-0.25, -0.2) is 4.68 Å². The topological polar surface area (TPSA) is 67.2 Å². The molecule has 0 atom stereocenters. The molecule has 0 radical (unpaired) electrons. The molecule has 0 saturated heterocycles. The molecule has 2 rings (SSSR count). The van der Waals surface area contributed by atoms with Crippen LogP contribution in [-0.2, 0) is 15.0 Å². The van der Waals surface area contributed by atoms with Crippen molar-refractivity contribution in [2.45, 2.75) is 59.8 Å². The number of para-hydroxylation sites is 1. The molecule has 1 aromatic carbocycles. The second kappa shape index (κ2) is 10.1. The SMILES string of the molecule is CCCC(=O)N(CC(=O)Nc1cc(C(C)(C)C)nn1-c1ccccc1Cl)CC(C)C. The number of nitrogens with one attached hydrogen (secondary N) is 1. The highest BCUT2D eigenvalue weighted by atomic mass is 35.5. The fourth-order valence-corrected chi connectivity index (χ4v) is 3.28. The van der Waals surface area contributed by atoms with Crippen molar-refractivity contribution >= 4 is 29.2 Å². The summed E-state index contributed by atoms with van der Waals surface area (Å²) in [6, 6.07) is 9.23. The zero-order valence-electron chi connectivity index (χ0n) is 18.8. The van der Waals surface area contributed by atoms with Crippen molar-refractivity contribution in [3.63, 3.8) is 0 Å². The van der Waals surface area contributed by atoms with Crippen LogP contribution in [0.3, 0.4) is 0 Å². The quantitative estimate of drug-likeness (QED) is 0.634. The lowest BCUT2D eigenvalue weighted by Crippen LogP contribution is -2.40. The Hall–Kier alpha value is -2.34. The van der Waals surface area contributed by atoms with Crippen LogP contribution in [0.1, 0.15) is 60.1 Å². The predicted octanol–water partition coefficient (Wildman–Crippen LogP) is 5.05. The van der Waals surface area contributed by atoms with Gasteiger partial charge in [0.25, 0.3) is 0 Å². The normalized spacial score (nSPS) is 11.6. The smallest absolute Gasteiger partial charge is 0.245 e. The fourth-order valence-electron chi connectivity index (χ4n) is 3.07. The summed E-state index contributed by atoms with van der Waals surface area (Å²) in [7, 11) is 0. The number of aromatic nitrogens is 2. The third-order valence-corrected chi connectivity index (χ3v) is 4.88. The van der Waals surface area contributed by atoms with Gasteiger partial charge in [0, 0.05) is 24.4 Å². The van der Waals surface area contributed by atoms with Crippen molar-refractivity contribution in [3.05, 3.63) is 41.0 Å². The number of rotatable bonds is 8. The Kier molecular flexibility index (Phi) is 8.07. The van der Waals surface area contributed by atoms with E-state index in [1.54, 1.807) is 15.6 Å². The Morgan fingerprint density at radius 3 is 2.47 bits per heavy atom. The van der Waals surface area contributed by atoms with Crippen LogP contribution in [0.4, 0.5) is 5.82 Å². The number of amides is 2. The lowest BCUT2D eigenvalue weighted by Gasteiger charge is -2.24. The maximum Gasteiger partial charge on any atom is 0.245 e. The average Bonchev–Trinajstić information content (AvgIpc) is 3.05. The number of nitrogens with zero attached hydrogens (tertiary/aromatic N) is 3. The van der Waals surface area contributed by atoms with E-state index < -0.39 is 0 Å². The molecule has 2 amide bonds. The van der Waals surface area contributed by atoms with Crippen molar-refractivity contribution in [3.8, 4) is 5.69 Å². The first-order valence-electron chi connectivity index (χ1n) is 10.5. The second-order valence-electron chi connectivity index (χ2n) is 8.99. The number of hydrogen-bond donors (Lipinski definition) is 1. The highest BCUT2D eigenvalue weighted by molar-refractivity contribution is 6.32. The summed E-state index contributed by atoms with van der Waals surface area (Å²) < 4.78 is 1.65. The average molecular weight is 433 g/mol. The van der Waals surface area contributed by atoms with Crippen molar-refractivity contribution in [1.82, 2.24) is 14.7 Å². The summed E-state index contributed by atoms with van der Waals surface area (Å²) in [5.74, 6) is 0.551. The lowest BCUT2D eigenvalue weighted by atomic mass is 9.92. The minimum absolute atomic E-state index is 0.00339. The van der Waals surface area contributed by atoms with E-state index >= 15 is 0 Å².